The van der Waals surface area contributed by atoms with Gasteiger partial charge in [-0.25, -0.2) is 0 Å². The minimum Gasteiger partial charge on any atom is -0.379 e. The summed E-state index contributed by atoms with van der Waals surface area (Å²) in [5.74, 6) is -0.0194. The summed E-state index contributed by atoms with van der Waals surface area (Å²) in [6, 6.07) is 16.8. The van der Waals surface area contributed by atoms with E-state index in [2.05, 4.69) is 40.5 Å². The molecule has 4 heteroatoms. The summed E-state index contributed by atoms with van der Waals surface area (Å²) in [5, 5.41) is 3.06. The molecule has 2 aromatic carbocycles. The highest BCUT2D eigenvalue weighted by Crippen LogP contribution is 2.22. The summed E-state index contributed by atoms with van der Waals surface area (Å²) >= 11 is 0. The smallest absolute Gasteiger partial charge is 0.251 e. The maximum Gasteiger partial charge on any atom is 0.251 e. The monoisotopic (exact) mass is 364 g/mol. The maximum atomic E-state index is 12.5. The van der Waals surface area contributed by atoms with E-state index in [1.165, 1.54) is 37.9 Å². The van der Waals surface area contributed by atoms with Crippen LogP contribution in [0.5, 0.6) is 0 Å². The van der Waals surface area contributed by atoms with Gasteiger partial charge in [0.1, 0.15) is 0 Å². The highest BCUT2D eigenvalue weighted by atomic mass is 16.5. The Hall–Kier alpha value is -2.17. The molecule has 0 unspecified atom stereocenters. The molecule has 0 radical (unpaired) electrons. The number of carbonyl (C=O) groups is 1. The van der Waals surface area contributed by atoms with Gasteiger partial charge >= 0.3 is 0 Å². The Kier molecular flexibility index (Phi) is 5.85. The molecule has 0 aliphatic carbocycles. The Morgan fingerprint density at radius 2 is 1.85 bits per heavy atom. The maximum absolute atomic E-state index is 12.5. The van der Waals surface area contributed by atoms with E-state index in [1.807, 2.05) is 18.2 Å². The Balaban J connectivity index is 1.42. The van der Waals surface area contributed by atoms with Gasteiger partial charge in [0.05, 0.1) is 12.6 Å². The zero-order valence-corrected chi connectivity index (χ0v) is 15.8. The first-order valence-electron chi connectivity index (χ1n) is 10.1. The van der Waals surface area contributed by atoms with Crippen molar-refractivity contribution in [2.24, 2.45) is 0 Å². The van der Waals surface area contributed by atoms with Gasteiger partial charge in [-0.15, -0.1) is 0 Å². The molecule has 0 spiro atoms. The van der Waals surface area contributed by atoms with Gasteiger partial charge in [-0.1, -0.05) is 42.8 Å². The number of piperidine rings is 1. The lowest BCUT2D eigenvalue weighted by Crippen LogP contribution is -2.34. The minimum atomic E-state index is -0.0194. The average Bonchev–Trinajstić information content (AvgIpc) is 3.22. The molecule has 142 valence electrons. The van der Waals surface area contributed by atoms with Gasteiger partial charge in [0.25, 0.3) is 5.91 Å². The summed E-state index contributed by atoms with van der Waals surface area (Å²) in [7, 11) is 0. The number of ether oxygens (including phenoxy) is 1. The van der Waals surface area contributed by atoms with Gasteiger partial charge in [0.15, 0.2) is 0 Å². The van der Waals surface area contributed by atoms with Crippen LogP contribution in [-0.4, -0.2) is 43.2 Å². The van der Waals surface area contributed by atoms with Crippen molar-refractivity contribution in [2.45, 2.75) is 38.3 Å². The summed E-state index contributed by atoms with van der Waals surface area (Å²) in [6.45, 7) is 4.81. The molecular weight excluding hydrogens is 336 g/mol. The molecule has 4 rings (SSSR count). The van der Waals surface area contributed by atoms with Crippen LogP contribution in [0.4, 0.5) is 0 Å². The fraction of sp³-hybridized carbons (Fsp3) is 0.435. The van der Waals surface area contributed by atoms with Crippen LogP contribution in [0, 0.1) is 0 Å². The first kappa shape index (κ1) is 18.2. The molecule has 2 aliphatic heterocycles. The molecule has 27 heavy (non-hydrogen) atoms. The Labute approximate surface area is 161 Å². The van der Waals surface area contributed by atoms with Crippen LogP contribution in [0.2, 0.25) is 0 Å². The van der Waals surface area contributed by atoms with Crippen molar-refractivity contribution in [2.75, 3.05) is 26.3 Å². The number of likely N-dealkylation sites (tertiary alicyclic amines) is 1. The van der Waals surface area contributed by atoms with Gasteiger partial charge in [0.2, 0.25) is 0 Å². The Morgan fingerprint density at radius 3 is 2.59 bits per heavy atom. The molecule has 1 amide bonds. The lowest BCUT2D eigenvalue weighted by molar-refractivity contribution is 0.0930. The van der Waals surface area contributed by atoms with Crippen LogP contribution < -0.4 is 5.32 Å². The first-order valence-corrected chi connectivity index (χ1v) is 10.1. The van der Waals surface area contributed by atoms with E-state index >= 15 is 0 Å². The second kappa shape index (κ2) is 8.68. The fourth-order valence-corrected chi connectivity index (χ4v) is 3.94. The number of nitrogens with one attached hydrogen (secondary N) is 1. The van der Waals surface area contributed by atoms with Crippen LogP contribution in [0.3, 0.4) is 0 Å². The molecule has 1 atom stereocenters. The predicted molar refractivity (Wildman–Crippen MR) is 108 cm³/mol. The van der Waals surface area contributed by atoms with Crippen molar-refractivity contribution in [1.82, 2.24) is 10.2 Å². The number of hydrogen-bond acceptors (Lipinski definition) is 3. The zero-order valence-electron chi connectivity index (χ0n) is 15.8. The molecule has 2 heterocycles. The molecular formula is C23H28N2O2. The van der Waals surface area contributed by atoms with Crippen LogP contribution >= 0.6 is 0 Å². The van der Waals surface area contributed by atoms with Crippen molar-refractivity contribution in [3.05, 3.63) is 59.7 Å². The molecule has 2 aliphatic rings. The first-order chi connectivity index (χ1) is 13.3. The largest absolute Gasteiger partial charge is 0.379 e. The standard InChI is InChI=1S/C23H28N2O2/c26-23(24-22-11-14-27-17-22)21-6-4-5-20(15-21)19-9-7-18(8-10-19)16-25-12-2-1-3-13-25/h4-10,15,22H,1-3,11-14,16-17H2,(H,24,26)/t22-/m0/s1. The molecule has 2 saturated heterocycles. The molecule has 2 fully saturated rings. The van der Waals surface area contributed by atoms with Crippen LogP contribution in [0.1, 0.15) is 41.6 Å². The number of hydrogen-bond donors (Lipinski definition) is 1. The van der Waals surface area contributed by atoms with Gasteiger partial charge in [-0.05, 0) is 61.2 Å². The molecule has 4 nitrogen and oxygen atoms in total. The third-order valence-corrected chi connectivity index (χ3v) is 5.53. The number of amides is 1. The van der Waals surface area contributed by atoms with Crippen molar-refractivity contribution < 1.29 is 9.53 Å². The topological polar surface area (TPSA) is 41.6 Å². The summed E-state index contributed by atoms with van der Waals surface area (Å²) in [6.07, 6.45) is 4.90. The zero-order chi connectivity index (χ0) is 18.5. The lowest BCUT2D eigenvalue weighted by Gasteiger charge is -2.26. The van der Waals surface area contributed by atoms with Crippen molar-refractivity contribution in [3.8, 4) is 11.1 Å². The highest BCUT2D eigenvalue weighted by molar-refractivity contribution is 5.95. The lowest BCUT2D eigenvalue weighted by atomic mass is 10.0. The number of rotatable bonds is 5. The van der Waals surface area contributed by atoms with E-state index in [-0.39, 0.29) is 11.9 Å². The number of carbonyl (C=O) groups excluding carboxylic acids is 1. The predicted octanol–water partition coefficient (Wildman–Crippen LogP) is 3.86. The van der Waals surface area contributed by atoms with Gasteiger partial charge < -0.3 is 10.1 Å². The molecule has 0 saturated carbocycles. The average molecular weight is 364 g/mol. The van der Waals surface area contributed by atoms with Gasteiger partial charge in [0, 0.05) is 18.7 Å². The van der Waals surface area contributed by atoms with Gasteiger partial charge in [-0.3, -0.25) is 9.69 Å². The summed E-state index contributed by atoms with van der Waals surface area (Å²) in [5.41, 5.74) is 4.29. The fourth-order valence-electron chi connectivity index (χ4n) is 3.94. The van der Waals surface area contributed by atoms with Crippen molar-refractivity contribution in [3.63, 3.8) is 0 Å². The van der Waals surface area contributed by atoms with E-state index in [1.54, 1.807) is 0 Å². The third kappa shape index (κ3) is 4.76. The van der Waals surface area contributed by atoms with E-state index in [0.717, 1.165) is 30.7 Å². The highest BCUT2D eigenvalue weighted by Gasteiger charge is 2.18. The van der Waals surface area contributed by atoms with Crippen molar-refractivity contribution >= 4 is 5.91 Å². The van der Waals surface area contributed by atoms with Crippen LogP contribution in [0.25, 0.3) is 11.1 Å². The molecule has 0 bridgehead atoms. The molecule has 2 aromatic rings. The SMILES string of the molecule is O=C(N[C@H]1CCOC1)c1cccc(-c2ccc(CN3CCCCC3)cc2)c1. The normalized spacial score (nSPS) is 20.5. The number of nitrogens with zero attached hydrogens (tertiary/aromatic N) is 1. The van der Waals surface area contributed by atoms with E-state index in [4.69, 9.17) is 4.74 Å². The Bertz CT molecular complexity index is 760. The van der Waals surface area contributed by atoms with E-state index < -0.39 is 0 Å². The summed E-state index contributed by atoms with van der Waals surface area (Å²) in [4.78, 5) is 15.0. The molecule has 0 aromatic heterocycles. The Morgan fingerprint density at radius 1 is 1.04 bits per heavy atom. The van der Waals surface area contributed by atoms with Crippen LogP contribution in [-0.2, 0) is 11.3 Å². The van der Waals surface area contributed by atoms with E-state index in [9.17, 15) is 4.79 Å². The molecule has 1 N–H and O–H groups in total. The summed E-state index contributed by atoms with van der Waals surface area (Å²) < 4.78 is 5.33. The minimum absolute atomic E-state index is 0.0194. The van der Waals surface area contributed by atoms with E-state index in [0.29, 0.717) is 12.2 Å². The number of benzene rings is 2. The van der Waals surface area contributed by atoms with Gasteiger partial charge in [-0.2, -0.15) is 0 Å². The van der Waals surface area contributed by atoms with Crippen molar-refractivity contribution in [1.29, 1.82) is 0 Å². The third-order valence-electron chi connectivity index (χ3n) is 5.53. The quantitative estimate of drug-likeness (QED) is 0.876. The second-order valence-corrected chi connectivity index (χ2v) is 7.65. The second-order valence-electron chi connectivity index (χ2n) is 7.65. The van der Waals surface area contributed by atoms with Crippen LogP contribution in [0.15, 0.2) is 48.5 Å².